The van der Waals surface area contributed by atoms with Gasteiger partial charge < -0.3 is 10.0 Å². The Morgan fingerprint density at radius 3 is 2.28 bits per heavy atom. The maximum Gasteiger partial charge on any atom is 0.323 e. The summed E-state index contributed by atoms with van der Waals surface area (Å²) in [5, 5.41) is 16.9. The molecule has 1 saturated heterocycles. The lowest BCUT2D eigenvalue weighted by Crippen LogP contribution is -2.38. The largest absolute Gasteiger partial charge is 0.481 e. The highest BCUT2D eigenvalue weighted by Gasteiger charge is 2.42. The van der Waals surface area contributed by atoms with Crippen molar-refractivity contribution in [1.29, 1.82) is 0 Å². The molecule has 1 aliphatic heterocycles. The van der Waals surface area contributed by atoms with Crippen molar-refractivity contribution in [3.63, 3.8) is 0 Å². The molecule has 0 bridgehead atoms. The van der Waals surface area contributed by atoms with Crippen LogP contribution in [0.15, 0.2) is 6.07 Å². The second-order valence-electron chi connectivity index (χ2n) is 9.21. The summed E-state index contributed by atoms with van der Waals surface area (Å²) in [7, 11) is 0. The van der Waals surface area contributed by atoms with Gasteiger partial charge in [-0.1, -0.05) is 20.8 Å². The second kappa shape index (κ2) is 6.04. The van der Waals surface area contributed by atoms with Gasteiger partial charge in [0.2, 0.25) is 0 Å². The van der Waals surface area contributed by atoms with Crippen LogP contribution in [0.3, 0.4) is 0 Å². The average Bonchev–Trinajstić information content (AvgIpc) is 3.02. The van der Waals surface area contributed by atoms with E-state index in [2.05, 4.69) is 31.2 Å². The smallest absolute Gasteiger partial charge is 0.323 e. The summed E-state index contributed by atoms with van der Waals surface area (Å²) in [6, 6.07) is 1.62. The van der Waals surface area contributed by atoms with E-state index in [9.17, 15) is 14.7 Å². The fraction of sp³-hybridized carbons (Fsp3) is 0.722. The van der Waals surface area contributed by atoms with Crippen molar-refractivity contribution in [2.24, 2.45) is 5.41 Å². The predicted molar refractivity (Wildman–Crippen MR) is 96.9 cm³/mol. The highest BCUT2D eigenvalue weighted by atomic mass is 16.4. The highest BCUT2D eigenvalue weighted by molar-refractivity contribution is 5.89. The van der Waals surface area contributed by atoms with Gasteiger partial charge in [-0.05, 0) is 34.1 Å². The third-order valence-corrected chi connectivity index (χ3v) is 4.63. The van der Waals surface area contributed by atoms with Crippen LogP contribution in [-0.4, -0.2) is 44.9 Å². The molecule has 1 aliphatic rings. The molecule has 25 heavy (non-hydrogen) atoms. The molecule has 0 saturated carbocycles. The number of aromatic nitrogens is 2. The molecule has 2 amide bonds. The van der Waals surface area contributed by atoms with Gasteiger partial charge >= 0.3 is 12.0 Å². The maximum atomic E-state index is 12.6. The van der Waals surface area contributed by atoms with Gasteiger partial charge in [0.1, 0.15) is 5.82 Å². The second-order valence-corrected chi connectivity index (χ2v) is 9.21. The summed E-state index contributed by atoms with van der Waals surface area (Å²) in [4.78, 5) is 25.6. The standard InChI is InChI=1S/C18H30N4O3/c1-16(2,3)12-10-13(22(20-12)17(4,5)6)19-15(25)21-9-8-18(7,11-21)14(23)24/h10H,8-9,11H2,1-7H3,(H,19,25)(H,23,24). The number of anilines is 1. The zero-order chi connectivity index (χ0) is 19.2. The highest BCUT2D eigenvalue weighted by Crippen LogP contribution is 2.32. The Hall–Kier alpha value is -2.05. The van der Waals surface area contributed by atoms with E-state index in [1.165, 1.54) is 0 Å². The van der Waals surface area contributed by atoms with Crippen molar-refractivity contribution in [3.05, 3.63) is 11.8 Å². The number of aliphatic carboxylic acids is 1. The molecule has 1 fully saturated rings. The quantitative estimate of drug-likeness (QED) is 0.857. The average molecular weight is 350 g/mol. The summed E-state index contributed by atoms with van der Waals surface area (Å²) in [5.74, 6) is -0.232. The maximum absolute atomic E-state index is 12.6. The van der Waals surface area contributed by atoms with Crippen molar-refractivity contribution in [1.82, 2.24) is 14.7 Å². The lowest BCUT2D eigenvalue weighted by molar-refractivity contribution is -0.146. The molecular weight excluding hydrogens is 320 g/mol. The molecule has 2 N–H and O–H groups in total. The number of nitrogens with zero attached hydrogens (tertiary/aromatic N) is 3. The number of urea groups is 1. The number of likely N-dealkylation sites (tertiary alicyclic amines) is 1. The number of carbonyl (C=O) groups is 2. The third kappa shape index (κ3) is 3.96. The van der Waals surface area contributed by atoms with Crippen molar-refractivity contribution in [2.75, 3.05) is 18.4 Å². The topological polar surface area (TPSA) is 87.5 Å². The minimum atomic E-state index is -0.877. The van der Waals surface area contributed by atoms with Crippen molar-refractivity contribution < 1.29 is 14.7 Å². The van der Waals surface area contributed by atoms with E-state index < -0.39 is 11.4 Å². The predicted octanol–water partition coefficient (Wildman–Crippen LogP) is 3.26. The van der Waals surface area contributed by atoms with Gasteiger partial charge in [-0.3, -0.25) is 10.1 Å². The molecule has 0 aliphatic carbocycles. The third-order valence-electron chi connectivity index (χ3n) is 4.63. The van der Waals surface area contributed by atoms with Crippen LogP contribution in [0.4, 0.5) is 10.6 Å². The summed E-state index contributed by atoms with van der Waals surface area (Å²) in [5.41, 5.74) is -0.398. The van der Waals surface area contributed by atoms with Gasteiger partial charge in [-0.2, -0.15) is 5.10 Å². The Morgan fingerprint density at radius 1 is 1.24 bits per heavy atom. The molecule has 1 aromatic rings. The fourth-order valence-corrected chi connectivity index (χ4v) is 2.85. The summed E-state index contributed by atoms with van der Waals surface area (Å²) in [6.07, 6.45) is 0.460. The summed E-state index contributed by atoms with van der Waals surface area (Å²) in [6.45, 7) is 14.6. The molecule has 2 rings (SSSR count). The molecule has 1 aromatic heterocycles. The Bertz CT molecular complexity index is 681. The molecule has 1 unspecified atom stereocenters. The number of carboxylic acids is 1. The molecule has 140 valence electrons. The van der Waals surface area contributed by atoms with E-state index >= 15 is 0 Å². The zero-order valence-corrected chi connectivity index (χ0v) is 16.3. The van der Waals surface area contributed by atoms with Crippen LogP contribution in [0.25, 0.3) is 0 Å². The van der Waals surface area contributed by atoms with Crippen molar-refractivity contribution in [3.8, 4) is 0 Å². The number of carboxylic acid groups (broad SMARTS) is 1. The molecule has 1 atom stereocenters. The number of hydrogen-bond acceptors (Lipinski definition) is 3. The molecule has 0 spiro atoms. The number of nitrogens with one attached hydrogen (secondary N) is 1. The van der Waals surface area contributed by atoms with E-state index in [1.54, 1.807) is 11.8 Å². The van der Waals surface area contributed by atoms with E-state index in [0.29, 0.717) is 18.8 Å². The Balaban J connectivity index is 2.24. The first-order valence-electron chi connectivity index (χ1n) is 8.64. The van der Waals surface area contributed by atoms with E-state index in [1.807, 2.05) is 31.5 Å². The van der Waals surface area contributed by atoms with Gasteiger partial charge in [0.25, 0.3) is 0 Å². The van der Waals surface area contributed by atoms with Crippen LogP contribution in [0.2, 0.25) is 0 Å². The molecular formula is C18H30N4O3. The zero-order valence-electron chi connectivity index (χ0n) is 16.3. The molecule has 0 radical (unpaired) electrons. The first-order chi connectivity index (χ1) is 11.2. The Morgan fingerprint density at radius 2 is 1.84 bits per heavy atom. The van der Waals surface area contributed by atoms with E-state index in [4.69, 9.17) is 0 Å². The van der Waals surface area contributed by atoms with Crippen LogP contribution >= 0.6 is 0 Å². The van der Waals surface area contributed by atoms with Crippen LogP contribution in [0.5, 0.6) is 0 Å². The first-order valence-corrected chi connectivity index (χ1v) is 8.64. The van der Waals surface area contributed by atoms with Crippen LogP contribution in [0, 0.1) is 5.41 Å². The van der Waals surface area contributed by atoms with Crippen LogP contribution < -0.4 is 5.32 Å². The lowest BCUT2D eigenvalue weighted by atomic mass is 9.90. The van der Waals surface area contributed by atoms with Crippen molar-refractivity contribution in [2.45, 2.75) is 65.8 Å². The summed E-state index contributed by atoms with van der Waals surface area (Å²) >= 11 is 0. The number of rotatable bonds is 2. The minimum Gasteiger partial charge on any atom is -0.481 e. The van der Waals surface area contributed by atoms with Crippen LogP contribution in [0.1, 0.15) is 60.6 Å². The molecule has 2 heterocycles. The number of hydrogen-bond donors (Lipinski definition) is 2. The Kier molecular flexibility index (Phi) is 4.65. The first kappa shape index (κ1) is 19.3. The molecule has 7 heteroatoms. The number of carbonyl (C=O) groups excluding carboxylic acids is 1. The van der Waals surface area contributed by atoms with E-state index in [0.717, 1.165) is 5.69 Å². The fourth-order valence-electron chi connectivity index (χ4n) is 2.85. The molecule has 7 nitrogen and oxygen atoms in total. The monoisotopic (exact) mass is 350 g/mol. The lowest BCUT2D eigenvalue weighted by Gasteiger charge is -2.24. The Labute approximate surface area is 149 Å². The van der Waals surface area contributed by atoms with Gasteiger partial charge in [-0.15, -0.1) is 0 Å². The van der Waals surface area contributed by atoms with Gasteiger partial charge in [0.15, 0.2) is 0 Å². The SMILES string of the molecule is CC1(C(=O)O)CCN(C(=O)Nc2cc(C(C)(C)C)nn2C(C)(C)C)C1. The van der Waals surface area contributed by atoms with Gasteiger partial charge in [0.05, 0.1) is 16.6 Å². The minimum absolute atomic E-state index is 0.133. The van der Waals surface area contributed by atoms with Gasteiger partial charge in [-0.25, -0.2) is 9.48 Å². The normalized spacial score (nSPS) is 21.5. The van der Waals surface area contributed by atoms with Gasteiger partial charge in [0, 0.05) is 24.6 Å². The molecule has 0 aromatic carbocycles. The van der Waals surface area contributed by atoms with E-state index in [-0.39, 0.29) is 23.5 Å². The van der Waals surface area contributed by atoms with Crippen molar-refractivity contribution >= 4 is 17.8 Å². The summed E-state index contributed by atoms with van der Waals surface area (Å²) < 4.78 is 1.82. The van der Waals surface area contributed by atoms with Crippen LogP contribution in [-0.2, 0) is 15.7 Å². The number of amides is 2.